The van der Waals surface area contributed by atoms with Crippen LogP contribution >= 0.6 is 0 Å². The molecular weight excluding hydrogens is 200 g/mol. The van der Waals surface area contributed by atoms with E-state index >= 15 is 0 Å². The lowest BCUT2D eigenvalue weighted by atomic mass is 10.3. The number of carbonyl (C=O) groups is 3. The Hall–Kier alpha value is -1.65. The smallest absolute Gasteiger partial charge is 0.336 e. The van der Waals surface area contributed by atoms with Gasteiger partial charge in [0.2, 0.25) is 0 Å². The Bertz CT molecular complexity index is 280. The first-order chi connectivity index (χ1) is 6.97. The minimum Gasteiger partial charge on any atom is -0.463 e. The molecule has 84 valence electrons. The third-order valence-electron chi connectivity index (χ3n) is 1.36. The number of ether oxygens (including phenoxy) is 2. The molecule has 0 saturated carbocycles. The molecular formula is C10H14O5. The van der Waals surface area contributed by atoms with E-state index in [-0.39, 0.29) is 31.0 Å². The molecule has 0 rings (SSSR count). The molecule has 0 aliphatic heterocycles. The van der Waals surface area contributed by atoms with E-state index in [9.17, 15) is 14.4 Å². The molecule has 0 N–H and O–H groups in total. The van der Waals surface area contributed by atoms with E-state index in [0.717, 1.165) is 0 Å². The van der Waals surface area contributed by atoms with Crippen molar-refractivity contribution < 1.29 is 23.9 Å². The number of esters is 2. The molecule has 0 radical (unpaired) electrons. The van der Waals surface area contributed by atoms with Gasteiger partial charge in [-0.25, -0.2) is 4.79 Å². The number of hydrogen-bond donors (Lipinski definition) is 0. The van der Waals surface area contributed by atoms with Gasteiger partial charge in [0.05, 0.1) is 12.2 Å². The van der Waals surface area contributed by atoms with Gasteiger partial charge in [0.25, 0.3) is 0 Å². The van der Waals surface area contributed by atoms with Gasteiger partial charge < -0.3 is 9.47 Å². The van der Waals surface area contributed by atoms with Gasteiger partial charge in [0, 0.05) is 0 Å². The maximum absolute atomic E-state index is 11.0. The molecule has 5 heteroatoms. The van der Waals surface area contributed by atoms with Crippen molar-refractivity contribution >= 4 is 17.7 Å². The Balaban J connectivity index is 3.85. The first-order valence-corrected chi connectivity index (χ1v) is 4.47. The zero-order valence-electron chi connectivity index (χ0n) is 8.87. The summed E-state index contributed by atoms with van der Waals surface area (Å²) in [6, 6.07) is 0. The first-order valence-electron chi connectivity index (χ1n) is 4.47. The van der Waals surface area contributed by atoms with Crippen LogP contribution in [-0.4, -0.2) is 30.9 Å². The highest BCUT2D eigenvalue weighted by Gasteiger charge is 2.11. The highest BCUT2D eigenvalue weighted by molar-refractivity contribution is 5.94. The summed E-state index contributed by atoms with van der Waals surface area (Å²) < 4.78 is 9.24. The van der Waals surface area contributed by atoms with E-state index < -0.39 is 11.9 Å². The summed E-state index contributed by atoms with van der Waals surface area (Å²) in [5.41, 5.74) is 0.0498. The standard InChI is InChI=1S/C10H14O5/c1-4-14-10(13)7(2)6-15-9(12)5-8(3)11/h2,4-6H2,1,3H3. The van der Waals surface area contributed by atoms with Crippen molar-refractivity contribution in [2.45, 2.75) is 20.3 Å². The second kappa shape index (κ2) is 6.75. The molecule has 5 nitrogen and oxygen atoms in total. The lowest BCUT2D eigenvalue weighted by Crippen LogP contribution is -2.16. The van der Waals surface area contributed by atoms with Crippen LogP contribution in [0, 0.1) is 0 Å². The highest BCUT2D eigenvalue weighted by atomic mass is 16.5. The molecule has 0 fully saturated rings. The number of Topliss-reactive ketones (excluding diaryl/α,β-unsaturated/α-hetero) is 1. The van der Waals surface area contributed by atoms with Crippen LogP contribution < -0.4 is 0 Å². The van der Waals surface area contributed by atoms with Crippen LogP contribution in [0.2, 0.25) is 0 Å². The van der Waals surface area contributed by atoms with E-state index in [1.165, 1.54) is 6.92 Å². The third-order valence-corrected chi connectivity index (χ3v) is 1.36. The van der Waals surface area contributed by atoms with Crippen LogP contribution in [-0.2, 0) is 23.9 Å². The molecule has 0 spiro atoms. The van der Waals surface area contributed by atoms with Crippen molar-refractivity contribution in [1.29, 1.82) is 0 Å². The summed E-state index contributed by atoms with van der Waals surface area (Å²) in [4.78, 5) is 32.4. The van der Waals surface area contributed by atoms with Crippen LogP contribution in [0.15, 0.2) is 12.2 Å². The van der Waals surface area contributed by atoms with Crippen LogP contribution in [0.4, 0.5) is 0 Å². The van der Waals surface area contributed by atoms with E-state index in [0.29, 0.717) is 0 Å². The van der Waals surface area contributed by atoms with Gasteiger partial charge in [-0.15, -0.1) is 0 Å². The van der Waals surface area contributed by atoms with Crippen molar-refractivity contribution in [3.63, 3.8) is 0 Å². The molecule has 0 aromatic rings. The Kier molecular flexibility index (Phi) is 6.01. The fourth-order valence-corrected chi connectivity index (χ4v) is 0.714. The van der Waals surface area contributed by atoms with Gasteiger partial charge in [-0.2, -0.15) is 0 Å². The fraction of sp³-hybridized carbons (Fsp3) is 0.500. The molecule has 0 aliphatic carbocycles. The number of hydrogen-bond acceptors (Lipinski definition) is 5. The molecule has 0 aromatic heterocycles. The topological polar surface area (TPSA) is 69.7 Å². The number of ketones is 1. The molecule has 0 heterocycles. The van der Waals surface area contributed by atoms with Gasteiger partial charge in [-0.05, 0) is 13.8 Å². The number of rotatable bonds is 6. The summed E-state index contributed by atoms with van der Waals surface area (Å²) in [5, 5.41) is 0. The predicted molar refractivity (Wildman–Crippen MR) is 52.0 cm³/mol. The van der Waals surface area contributed by atoms with Crippen molar-refractivity contribution in [2.24, 2.45) is 0 Å². The van der Waals surface area contributed by atoms with Gasteiger partial charge >= 0.3 is 11.9 Å². The minimum absolute atomic E-state index is 0.0498. The average molecular weight is 214 g/mol. The van der Waals surface area contributed by atoms with E-state index in [4.69, 9.17) is 0 Å². The minimum atomic E-state index is -0.673. The quantitative estimate of drug-likeness (QED) is 0.368. The molecule has 0 amide bonds. The third kappa shape index (κ3) is 6.42. The van der Waals surface area contributed by atoms with Crippen molar-refractivity contribution in [2.75, 3.05) is 13.2 Å². The number of carbonyl (C=O) groups excluding carboxylic acids is 3. The Labute approximate surface area is 88.0 Å². The second-order valence-electron chi connectivity index (χ2n) is 2.86. The lowest BCUT2D eigenvalue weighted by Gasteiger charge is -2.05. The molecule has 0 aromatic carbocycles. The summed E-state index contributed by atoms with van der Waals surface area (Å²) in [5.74, 6) is -1.57. The summed E-state index contributed by atoms with van der Waals surface area (Å²) in [6.07, 6.45) is -0.296. The molecule has 15 heavy (non-hydrogen) atoms. The van der Waals surface area contributed by atoms with Gasteiger partial charge in [-0.3, -0.25) is 9.59 Å². The zero-order chi connectivity index (χ0) is 11.8. The van der Waals surface area contributed by atoms with Crippen LogP contribution in [0.25, 0.3) is 0 Å². The monoisotopic (exact) mass is 214 g/mol. The van der Waals surface area contributed by atoms with Crippen LogP contribution in [0.3, 0.4) is 0 Å². The zero-order valence-corrected chi connectivity index (χ0v) is 8.87. The van der Waals surface area contributed by atoms with Crippen LogP contribution in [0.5, 0.6) is 0 Å². The largest absolute Gasteiger partial charge is 0.463 e. The predicted octanol–water partition coefficient (Wildman–Crippen LogP) is 0.628. The van der Waals surface area contributed by atoms with Crippen molar-refractivity contribution in [3.8, 4) is 0 Å². The van der Waals surface area contributed by atoms with E-state index in [1.807, 2.05) is 0 Å². The Morgan fingerprint density at radius 3 is 2.27 bits per heavy atom. The first kappa shape index (κ1) is 13.4. The maximum Gasteiger partial charge on any atom is 0.336 e. The SMILES string of the molecule is C=C(COC(=O)CC(C)=O)C(=O)OCC. The summed E-state index contributed by atoms with van der Waals surface area (Å²) in [7, 11) is 0. The molecule has 0 atom stereocenters. The average Bonchev–Trinajstić information content (AvgIpc) is 2.13. The van der Waals surface area contributed by atoms with Crippen LogP contribution in [0.1, 0.15) is 20.3 Å². The molecule has 0 bridgehead atoms. The molecule has 0 unspecified atom stereocenters. The Morgan fingerprint density at radius 2 is 1.80 bits per heavy atom. The van der Waals surface area contributed by atoms with Gasteiger partial charge in [0.1, 0.15) is 18.8 Å². The molecule has 0 aliphatic rings. The highest BCUT2D eigenvalue weighted by Crippen LogP contribution is 1.98. The van der Waals surface area contributed by atoms with Crippen molar-refractivity contribution in [1.82, 2.24) is 0 Å². The normalized spacial score (nSPS) is 9.20. The lowest BCUT2D eigenvalue weighted by molar-refractivity contribution is -0.146. The van der Waals surface area contributed by atoms with E-state index in [2.05, 4.69) is 16.1 Å². The Morgan fingerprint density at radius 1 is 1.20 bits per heavy atom. The summed E-state index contributed by atoms with van der Waals surface area (Å²) >= 11 is 0. The summed E-state index contributed by atoms with van der Waals surface area (Å²) in [6.45, 7) is 6.32. The van der Waals surface area contributed by atoms with E-state index in [1.54, 1.807) is 6.92 Å². The maximum atomic E-state index is 11.0. The molecule has 0 saturated heterocycles. The second-order valence-corrected chi connectivity index (χ2v) is 2.86. The van der Waals surface area contributed by atoms with Crippen molar-refractivity contribution in [3.05, 3.63) is 12.2 Å². The van der Waals surface area contributed by atoms with Gasteiger partial charge in [-0.1, -0.05) is 6.58 Å². The fourth-order valence-electron chi connectivity index (χ4n) is 0.714. The van der Waals surface area contributed by atoms with Gasteiger partial charge in [0.15, 0.2) is 0 Å².